The average molecular weight is 301 g/mol. The number of aryl methyl sites for hydroxylation is 1. The highest BCUT2D eigenvalue weighted by atomic mass is 19.1. The molecule has 0 spiro atoms. The van der Waals surface area contributed by atoms with Crippen molar-refractivity contribution in [3.05, 3.63) is 59.4 Å². The minimum Gasteiger partial charge on any atom is -0.483 e. The van der Waals surface area contributed by atoms with Crippen molar-refractivity contribution in [2.24, 2.45) is 0 Å². The molecule has 0 unspecified atom stereocenters. The van der Waals surface area contributed by atoms with Crippen molar-refractivity contribution in [3.63, 3.8) is 0 Å². The van der Waals surface area contributed by atoms with Crippen molar-refractivity contribution in [1.82, 2.24) is 0 Å². The lowest BCUT2D eigenvalue weighted by Gasteiger charge is -2.14. The van der Waals surface area contributed by atoms with Crippen LogP contribution in [0.1, 0.15) is 30.9 Å². The molecule has 0 radical (unpaired) electrons. The Morgan fingerprint density at radius 1 is 1.23 bits per heavy atom. The first kappa shape index (κ1) is 16.0. The summed E-state index contributed by atoms with van der Waals surface area (Å²) in [7, 11) is 0. The van der Waals surface area contributed by atoms with E-state index in [2.05, 4.69) is 19.2 Å². The van der Waals surface area contributed by atoms with Gasteiger partial charge in [0, 0.05) is 5.69 Å². The molecule has 0 aliphatic rings. The fraction of sp³-hybridized carbons (Fsp3) is 0.278. The smallest absolute Gasteiger partial charge is 0.262 e. The number of rotatable bonds is 5. The van der Waals surface area contributed by atoms with Crippen molar-refractivity contribution in [2.75, 3.05) is 11.9 Å². The third-order valence-electron chi connectivity index (χ3n) is 3.37. The van der Waals surface area contributed by atoms with Crippen molar-refractivity contribution in [2.45, 2.75) is 26.7 Å². The van der Waals surface area contributed by atoms with Crippen LogP contribution in [0.15, 0.2) is 42.5 Å². The van der Waals surface area contributed by atoms with Gasteiger partial charge in [-0.2, -0.15) is 0 Å². The zero-order valence-corrected chi connectivity index (χ0v) is 13.0. The molecule has 0 aliphatic carbocycles. The van der Waals surface area contributed by atoms with Gasteiger partial charge in [-0.3, -0.25) is 4.79 Å². The van der Waals surface area contributed by atoms with Gasteiger partial charge >= 0.3 is 0 Å². The Balaban J connectivity index is 2.00. The second-order valence-corrected chi connectivity index (χ2v) is 5.49. The van der Waals surface area contributed by atoms with Crippen LogP contribution in [0.4, 0.5) is 10.1 Å². The molecule has 3 nitrogen and oxygen atoms in total. The maximum Gasteiger partial charge on any atom is 0.262 e. The van der Waals surface area contributed by atoms with Gasteiger partial charge in [0.05, 0.1) is 0 Å². The normalized spacial score (nSPS) is 10.6. The molecule has 1 amide bonds. The number of amides is 1. The SMILES string of the molecule is Cc1ccc(F)cc1NC(=O)COc1ccccc1C(C)C. The Hall–Kier alpha value is -2.36. The van der Waals surface area contributed by atoms with Gasteiger partial charge in [0.1, 0.15) is 11.6 Å². The van der Waals surface area contributed by atoms with Crippen molar-refractivity contribution < 1.29 is 13.9 Å². The third-order valence-corrected chi connectivity index (χ3v) is 3.37. The predicted octanol–water partition coefficient (Wildman–Crippen LogP) is 4.28. The highest BCUT2D eigenvalue weighted by Crippen LogP contribution is 2.25. The summed E-state index contributed by atoms with van der Waals surface area (Å²) in [5.74, 6) is 0.313. The molecular formula is C18H20FNO2. The number of hydrogen-bond acceptors (Lipinski definition) is 2. The quantitative estimate of drug-likeness (QED) is 0.895. The topological polar surface area (TPSA) is 38.3 Å². The first-order valence-electron chi connectivity index (χ1n) is 7.25. The van der Waals surface area contributed by atoms with E-state index in [4.69, 9.17) is 4.74 Å². The van der Waals surface area contributed by atoms with E-state index in [1.54, 1.807) is 6.07 Å². The Labute approximate surface area is 130 Å². The summed E-state index contributed by atoms with van der Waals surface area (Å²) in [5.41, 5.74) is 2.32. The minimum absolute atomic E-state index is 0.111. The van der Waals surface area contributed by atoms with Crippen molar-refractivity contribution in [3.8, 4) is 5.75 Å². The summed E-state index contributed by atoms with van der Waals surface area (Å²) >= 11 is 0. The molecular weight excluding hydrogens is 281 g/mol. The molecule has 0 aliphatic heterocycles. The van der Waals surface area contributed by atoms with E-state index in [1.807, 2.05) is 31.2 Å². The zero-order chi connectivity index (χ0) is 16.1. The van der Waals surface area contributed by atoms with Crippen LogP contribution in [-0.2, 0) is 4.79 Å². The van der Waals surface area contributed by atoms with Crippen LogP contribution in [0.2, 0.25) is 0 Å². The van der Waals surface area contributed by atoms with Gasteiger partial charge < -0.3 is 10.1 Å². The van der Waals surface area contributed by atoms with Crippen LogP contribution in [0.25, 0.3) is 0 Å². The highest BCUT2D eigenvalue weighted by molar-refractivity contribution is 5.92. The summed E-state index contributed by atoms with van der Waals surface area (Å²) in [4.78, 5) is 12.0. The van der Waals surface area contributed by atoms with E-state index >= 15 is 0 Å². The summed E-state index contributed by atoms with van der Waals surface area (Å²) in [5, 5.41) is 2.67. The molecule has 116 valence electrons. The lowest BCUT2D eigenvalue weighted by atomic mass is 10.0. The molecule has 0 saturated carbocycles. The van der Waals surface area contributed by atoms with Crippen LogP contribution < -0.4 is 10.1 Å². The molecule has 0 heterocycles. The first-order chi connectivity index (χ1) is 10.5. The summed E-state index contributed by atoms with van der Waals surface area (Å²) < 4.78 is 18.8. The largest absolute Gasteiger partial charge is 0.483 e. The molecule has 2 aromatic carbocycles. The fourth-order valence-corrected chi connectivity index (χ4v) is 2.15. The molecule has 0 fully saturated rings. The Kier molecular flexibility index (Phi) is 5.15. The second kappa shape index (κ2) is 7.07. The van der Waals surface area contributed by atoms with Gasteiger partial charge in [-0.25, -0.2) is 4.39 Å². The van der Waals surface area contributed by atoms with Gasteiger partial charge in [0.2, 0.25) is 0 Å². The Bertz CT molecular complexity index is 668. The molecule has 22 heavy (non-hydrogen) atoms. The number of carbonyl (C=O) groups is 1. The summed E-state index contributed by atoms with van der Waals surface area (Å²) in [6.45, 7) is 5.83. The molecule has 0 saturated heterocycles. The van der Waals surface area contributed by atoms with Crippen LogP contribution in [0, 0.1) is 12.7 Å². The second-order valence-electron chi connectivity index (χ2n) is 5.49. The molecule has 2 aromatic rings. The van der Waals surface area contributed by atoms with E-state index < -0.39 is 0 Å². The fourth-order valence-electron chi connectivity index (χ4n) is 2.15. The third kappa shape index (κ3) is 4.07. The zero-order valence-electron chi connectivity index (χ0n) is 13.0. The number of para-hydroxylation sites is 1. The van der Waals surface area contributed by atoms with Crippen molar-refractivity contribution >= 4 is 11.6 Å². The summed E-state index contributed by atoms with van der Waals surface area (Å²) in [6, 6.07) is 11.9. The average Bonchev–Trinajstić information content (AvgIpc) is 2.49. The Morgan fingerprint density at radius 2 is 1.95 bits per heavy atom. The molecule has 2 rings (SSSR count). The number of halogens is 1. The van der Waals surface area contributed by atoms with Gasteiger partial charge in [-0.15, -0.1) is 0 Å². The summed E-state index contributed by atoms with van der Waals surface area (Å²) in [6.07, 6.45) is 0. The molecule has 0 aromatic heterocycles. The number of ether oxygens (including phenoxy) is 1. The number of benzene rings is 2. The van der Waals surface area contributed by atoms with E-state index in [9.17, 15) is 9.18 Å². The van der Waals surface area contributed by atoms with Gasteiger partial charge in [0.15, 0.2) is 6.61 Å². The van der Waals surface area contributed by atoms with Crippen LogP contribution in [0.5, 0.6) is 5.75 Å². The maximum atomic E-state index is 13.2. The number of carbonyl (C=O) groups excluding carboxylic acids is 1. The molecule has 0 bridgehead atoms. The van der Waals surface area contributed by atoms with E-state index in [1.165, 1.54) is 12.1 Å². The molecule has 4 heteroatoms. The monoisotopic (exact) mass is 301 g/mol. The van der Waals surface area contributed by atoms with Gasteiger partial charge in [0.25, 0.3) is 5.91 Å². The van der Waals surface area contributed by atoms with E-state index in [-0.39, 0.29) is 18.3 Å². The van der Waals surface area contributed by atoms with Gasteiger partial charge in [-0.1, -0.05) is 38.1 Å². The molecule has 0 atom stereocenters. The van der Waals surface area contributed by atoms with Gasteiger partial charge in [-0.05, 0) is 42.2 Å². The molecule has 1 N–H and O–H groups in total. The first-order valence-corrected chi connectivity index (χ1v) is 7.25. The lowest BCUT2D eigenvalue weighted by molar-refractivity contribution is -0.118. The van der Waals surface area contributed by atoms with E-state index in [0.717, 1.165) is 11.1 Å². The van der Waals surface area contributed by atoms with Crippen LogP contribution in [-0.4, -0.2) is 12.5 Å². The number of anilines is 1. The van der Waals surface area contributed by atoms with Crippen LogP contribution >= 0.6 is 0 Å². The highest BCUT2D eigenvalue weighted by Gasteiger charge is 2.10. The van der Waals surface area contributed by atoms with Crippen molar-refractivity contribution in [1.29, 1.82) is 0 Å². The maximum absolute atomic E-state index is 13.2. The lowest BCUT2D eigenvalue weighted by Crippen LogP contribution is -2.21. The predicted molar refractivity (Wildman–Crippen MR) is 85.8 cm³/mol. The Morgan fingerprint density at radius 3 is 2.68 bits per heavy atom. The van der Waals surface area contributed by atoms with Crippen LogP contribution in [0.3, 0.4) is 0 Å². The number of nitrogens with one attached hydrogen (secondary N) is 1. The standard InChI is InChI=1S/C18H20FNO2/c1-12(2)15-6-4-5-7-17(15)22-11-18(21)20-16-10-14(19)9-8-13(16)3/h4-10,12H,11H2,1-3H3,(H,20,21). The minimum atomic E-state index is -0.382. The van der Waals surface area contributed by atoms with E-state index in [0.29, 0.717) is 17.4 Å². The number of hydrogen-bond donors (Lipinski definition) is 1.